The molecule has 16 heavy (non-hydrogen) atoms. The zero-order valence-electron chi connectivity index (χ0n) is 9.13. The van der Waals surface area contributed by atoms with E-state index in [9.17, 15) is 0 Å². The first-order chi connectivity index (χ1) is 7.72. The summed E-state index contributed by atoms with van der Waals surface area (Å²) in [5, 5.41) is 3.26. The molecule has 2 heterocycles. The molecule has 2 rings (SSSR count). The summed E-state index contributed by atoms with van der Waals surface area (Å²) in [5.41, 5.74) is 0. The quantitative estimate of drug-likeness (QED) is 0.871. The Kier molecular flexibility index (Phi) is 4.85. The fraction of sp³-hybridized carbons (Fsp3) is 0.636. The molecule has 2 atom stereocenters. The highest BCUT2D eigenvalue weighted by atomic mass is 79.9. The van der Waals surface area contributed by atoms with Gasteiger partial charge in [0.05, 0.1) is 9.89 Å². The van der Waals surface area contributed by atoms with Crippen molar-refractivity contribution in [2.75, 3.05) is 20.2 Å². The minimum absolute atomic E-state index is 0.258. The van der Waals surface area contributed by atoms with Crippen molar-refractivity contribution in [1.29, 1.82) is 0 Å². The van der Waals surface area contributed by atoms with Crippen molar-refractivity contribution < 1.29 is 4.74 Å². The molecule has 1 fully saturated rings. The van der Waals surface area contributed by atoms with Gasteiger partial charge in [-0.05, 0) is 57.8 Å². The van der Waals surface area contributed by atoms with Crippen LogP contribution in [0.5, 0.6) is 0 Å². The van der Waals surface area contributed by atoms with Crippen LogP contribution in [0.4, 0.5) is 0 Å². The van der Waals surface area contributed by atoms with Crippen LogP contribution in [-0.4, -0.2) is 20.2 Å². The van der Waals surface area contributed by atoms with E-state index in [1.165, 1.54) is 17.7 Å². The molecule has 0 radical (unpaired) electrons. The highest BCUT2D eigenvalue weighted by Crippen LogP contribution is 2.41. The summed E-state index contributed by atoms with van der Waals surface area (Å²) >= 11 is 8.84. The van der Waals surface area contributed by atoms with E-state index in [0.717, 1.165) is 21.4 Å². The third-order valence-electron chi connectivity index (χ3n) is 2.86. The highest BCUT2D eigenvalue weighted by Gasteiger charge is 2.28. The second-order valence-electron chi connectivity index (χ2n) is 4.02. The normalized spacial score (nSPS) is 25.9. The lowest BCUT2D eigenvalue weighted by Crippen LogP contribution is -2.29. The lowest BCUT2D eigenvalue weighted by atomic mass is 9.93. The number of ether oxygens (including phenoxy) is 1. The Bertz CT molecular complexity index is 334. The van der Waals surface area contributed by atoms with Crippen molar-refractivity contribution in [2.24, 2.45) is 5.92 Å². The predicted octanol–water partition coefficient (Wildman–Crippen LogP) is 3.96. The van der Waals surface area contributed by atoms with Crippen molar-refractivity contribution in [3.8, 4) is 0 Å². The molecule has 0 saturated carbocycles. The minimum atomic E-state index is 0.258. The highest BCUT2D eigenvalue weighted by molar-refractivity contribution is 9.13. The van der Waals surface area contributed by atoms with Gasteiger partial charge in [-0.3, -0.25) is 0 Å². The number of halogens is 2. The Morgan fingerprint density at radius 1 is 1.56 bits per heavy atom. The molecule has 90 valence electrons. The van der Waals surface area contributed by atoms with E-state index in [2.05, 4.69) is 43.2 Å². The summed E-state index contributed by atoms with van der Waals surface area (Å²) in [4.78, 5) is 1.32. The average molecular weight is 369 g/mol. The lowest BCUT2D eigenvalue weighted by Gasteiger charge is -2.31. The van der Waals surface area contributed by atoms with E-state index in [1.807, 2.05) is 7.05 Å². The summed E-state index contributed by atoms with van der Waals surface area (Å²) in [6.07, 6.45) is 2.68. The summed E-state index contributed by atoms with van der Waals surface area (Å²) < 4.78 is 8.21. The van der Waals surface area contributed by atoms with Gasteiger partial charge < -0.3 is 10.1 Å². The number of rotatable bonds is 3. The summed E-state index contributed by atoms with van der Waals surface area (Å²) in [7, 11) is 2.01. The van der Waals surface area contributed by atoms with Crippen LogP contribution in [0.3, 0.4) is 0 Å². The van der Waals surface area contributed by atoms with Crippen molar-refractivity contribution in [2.45, 2.75) is 18.9 Å². The van der Waals surface area contributed by atoms with E-state index in [0.29, 0.717) is 5.92 Å². The Hall–Kier alpha value is 0.580. The van der Waals surface area contributed by atoms with Gasteiger partial charge in [0, 0.05) is 28.4 Å². The third kappa shape index (κ3) is 2.88. The van der Waals surface area contributed by atoms with Crippen molar-refractivity contribution in [3.63, 3.8) is 0 Å². The van der Waals surface area contributed by atoms with Crippen molar-refractivity contribution >= 4 is 43.2 Å². The maximum atomic E-state index is 5.93. The number of hydrogen-bond donors (Lipinski definition) is 1. The first-order valence-corrected chi connectivity index (χ1v) is 7.83. The Balaban J connectivity index is 2.16. The number of thiophene rings is 1. The molecule has 0 bridgehead atoms. The van der Waals surface area contributed by atoms with Crippen LogP contribution in [0.25, 0.3) is 0 Å². The van der Waals surface area contributed by atoms with Gasteiger partial charge in [-0.1, -0.05) is 0 Å². The molecule has 1 aromatic heterocycles. The Morgan fingerprint density at radius 3 is 3.00 bits per heavy atom. The zero-order chi connectivity index (χ0) is 11.5. The van der Waals surface area contributed by atoms with Gasteiger partial charge in [0.2, 0.25) is 0 Å². The molecule has 1 saturated heterocycles. The zero-order valence-corrected chi connectivity index (χ0v) is 13.1. The average Bonchev–Trinajstić information content (AvgIpc) is 2.60. The maximum absolute atomic E-state index is 5.93. The molecule has 0 amide bonds. The van der Waals surface area contributed by atoms with Crippen LogP contribution in [0.15, 0.2) is 14.3 Å². The molecule has 1 N–H and O–H groups in total. The van der Waals surface area contributed by atoms with Gasteiger partial charge in [0.1, 0.15) is 0 Å². The van der Waals surface area contributed by atoms with Crippen molar-refractivity contribution in [1.82, 2.24) is 5.32 Å². The fourth-order valence-corrected chi connectivity index (χ4v) is 4.37. The van der Waals surface area contributed by atoms with Crippen LogP contribution >= 0.6 is 43.2 Å². The predicted molar refractivity (Wildman–Crippen MR) is 75.1 cm³/mol. The third-order valence-corrected chi connectivity index (χ3v) is 6.17. The molecule has 1 aromatic rings. The SMILES string of the molecule is CNCC1CCCOC1c1cc(Br)c(Br)s1. The van der Waals surface area contributed by atoms with Gasteiger partial charge in [-0.15, -0.1) is 11.3 Å². The van der Waals surface area contributed by atoms with Crippen LogP contribution in [-0.2, 0) is 4.74 Å². The molecular formula is C11H15Br2NOS. The summed E-state index contributed by atoms with van der Waals surface area (Å²) in [6.45, 7) is 1.91. The molecule has 1 aliphatic rings. The Labute approximate surface area is 117 Å². The lowest BCUT2D eigenvalue weighted by molar-refractivity contribution is -0.0251. The van der Waals surface area contributed by atoms with E-state index in [1.54, 1.807) is 11.3 Å². The van der Waals surface area contributed by atoms with E-state index < -0.39 is 0 Å². The maximum Gasteiger partial charge on any atom is 0.0957 e. The van der Waals surface area contributed by atoms with E-state index >= 15 is 0 Å². The summed E-state index contributed by atoms with van der Waals surface area (Å²) in [5.74, 6) is 0.594. The Morgan fingerprint density at radius 2 is 2.38 bits per heavy atom. The van der Waals surface area contributed by atoms with Crippen molar-refractivity contribution in [3.05, 3.63) is 19.2 Å². The molecule has 0 aliphatic carbocycles. The summed E-state index contributed by atoms with van der Waals surface area (Å²) in [6, 6.07) is 2.17. The van der Waals surface area contributed by atoms with Crippen LogP contribution in [0.1, 0.15) is 23.8 Å². The van der Waals surface area contributed by atoms with Gasteiger partial charge >= 0.3 is 0 Å². The van der Waals surface area contributed by atoms with Crippen LogP contribution in [0, 0.1) is 5.92 Å². The molecular weight excluding hydrogens is 354 g/mol. The molecule has 2 nitrogen and oxygen atoms in total. The first-order valence-electron chi connectivity index (χ1n) is 5.43. The second-order valence-corrected chi connectivity index (χ2v) is 7.28. The second kappa shape index (κ2) is 5.96. The largest absolute Gasteiger partial charge is 0.372 e. The van der Waals surface area contributed by atoms with Gasteiger partial charge in [-0.25, -0.2) is 0 Å². The van der Waals surface area contributed by atoms with E-state index in [-0.39, 0.29) is 6.10 Å². The van der Waals surface area contributed by atoms with Gasteiger partial charge in [0.15, 0.2) is 0 Å². The standard InChI is InChI=1S/C11H15Br2NOS/c1-14-6-7-3-2-4-15-10(7)9-5-8(12)11(13)16-9/h5,7,10,14H,2-4,6H2,1H3. The molecule has 0 aromatic carbocycles. The van der Waals surface area contributed by atoms with E-state index in [4.69, 9.17) is 4.74 Å². The monoisotopic (exact) mass is 367 g/mol. The molecule has 1 aliphatic heterocycles. The molecule has 5 heteroatoms. The van der Waals surface area contributed by atoms with Gasteiger partial charge in [0.25, 0.3) is 0 Å². The topological polar surface area (TPSA) is 21.3 Å². The smallest absolute Gasteiger partial charge is 0.0957 e. The molecule has 0 spiro atoms. The van der Waals surface area contributed by atoms with Gasteiger partial charge in [-0.2, -0.15) is 0 Å². The first kappa shape index (κ1) is 13.0. The van der Waals surface area contributed by atoms with Crippen LogP contribution < -0.4 is 5.32 Å². The minimum Gasteiger partial charge on any atom is -0.372 e. The molecule has 2 unspecified atom stereocenters. The number of nitrogens with one attached hydrogen (secondary N) is 1. The van der Waals surface area contributed by atoms with Crippen LogP contribution in [0.2, 0.25) is 0 Å². The number of hydrogen-bond acceptors (Lipinski definition) is 3. The fourth-order valence-electron chi connectivity index (χ4n) is 2.13.